The summed E-state index contributed by atoms with van der Waals surface area (Å²) < 4.78 is 12.1. The lowest BCUT2D eigenvalue weighted by molar-refractivity contribution is -0.231. The molecule has 2 N–H and O–H groups in total. The Morgan fingerprint density at radius 3 is 2.41 bits per heavy atom. The molecule has 3 unspecified atom stereocenters. The third-order valence-corrected chi connectivity index (χ3v) is 11.3. The van der Waals surface area contributed by atoms with Gasteiger partial charge >= 0.3 is 0 Å². The van der Waals surface area contributed by atoms with Crippen molar-refractivity contribution in [1.82, 2.24) is 0 Å². The third-order valence-electron chi connectivity index (χ3n) is 11.3. The first-order valence-corrected chi connectivity index (χ1v) is 13.6. The van der Waals surface area contributed by atoms with Crippen molar-refractivity contribution >= 4 is 0 Å². The van der Waals surface area contributed by atoms with Crippen molar-refractivity contribution in [3.05, 3.63) is 0 Å². The molecule has 0 aromatic carbocycles. The number of fused-ring (bicyclic) bond motifs is 5. The van der Waals surface area contributed by atoms with Crippen molar-refractivity contribution in [2.75, 3.05) is 20.5 Å². The summed E-state index contributed by atoms with van der Waals surface area (Å²) in [5, 5.41) is 21.0. The molecule has 0 spiro atoms. The Hall–Kier alpha value is -0.160. The summed E-state index contributed by atoms with van der Waals surface area (Å²) in [5.74, 6) is 4.44. The van der Waals surface area contributed by atoms with Gasteiger partial charge in [0, 0.05) is 13.7 Å². The van der Waals surface area contributed by atoms with E-state index in [0.717, 1.165) is 24.7 Å². The maximum atomic E-state index is 11.3. The monoisotopic (exact) mass is 450 g/mol. The van der Waals surface area contributed by atoms with Gasteiger partial charge < -0.3 is 19.7 Å². The number of aliphatic hydroxyl groups excluding tert-OH is 2. The summed E-state index contributed by atoms with van der Waals surface area (Å²) in [7, 11) is 1.74. The largest absolute Gasteiger partial charge is 0.396 e. The van der Waals surface area contributed by atoms with Crippen LogP contribution >= 0.6 is 0 Å². The first-order chi connectivity index (χ1) is 15.2. The van der Waals surface area contributed by atoms with Crippen LogP contribution in [-0.4, -0.2) is 42.9 Å². The van der Waals surface area contributed by atoms with E-state index in [4.69, 9.17) is 9.47 Å². The van der Waals surface area contributed by atoms with E-state index in [1.54, 1.807) is 7.11 Å². The van der Waals surface area contributed by atoms with Gasteiger partial charge in [-0.1, -0.05) is 47.5 Å². The molecule has 4 rings (SSSR count). The van der Waals surface area contributed by atoms with Crippen molar-refractivity contribution < 1.29 is 19.7 Å². The van der Waals surface area contributed by atoms with Crippen LogP contribution in [0.3, 0.4) is 0 Å². The fourth-order valence-corrected chi connectivity index (χ4v) is 9.99. The molecule has 0 saturated heterocycles. The zero-order valence-corrected chi connectivity index (χ0v) is 21.6. The van der Waals surface area contributed by atoms with Crippen molar-refractivity contribution in [3.63, 3.8) is 0 Å². The van der Waals surface area contributed by atoms with E-state index in [9.17, 15) is 10.2 Å². The Morgan fingerprint density at radius 1 is 1.03 bits per heavy atom. The van der Waals surface area contributed by atoms with Crippen LogP contribution in [0.4, 0.5) is 0 Å². The standard InChI is InChI=1S/C28H50O4/c1-7-19-21-14-17(2)8-11-27(21,4)20-9-12-28(5)22(24(20)26(19)32-16-31-6)15-23(30)25(28)18(3)10-13-29/h17-26,29-30H,7-16H2,1-6H3/t17-,18-,19-,20?,21+,22?,23+,24?,25+,26-,27-,28+/m1/s1. The first kappa shape index (κ1) is 24.9. The Kier molecular flexibility index (Phi) is 7.39. The molecule has 0 aromatic rings. The lowest BCUT2D eigenvalue weighted by Gasteiger charge is -2.65. The second kappa shape index (κ2) is 9.47. The maximum Gasteiger partial charge on any atom is 0.146 e. The van der Waals surface area contributed by atoms with Gasteiger partial charge in [-0.15, -0.1) is 0 Å². The molecule has 32 heavy (non-hydrogen) atoms. The van der Waals surface area contributed by atoms with Crippen LogP contribution in [0.1, 0.15) is 86.0 Å². The lowest BCUT2D eigenvalue weighted by Crippen LogP contribution is -2.62. The molecule has 4 heteroatoms. The molecule has 4 saturated carbocycles. The number of hydrogen-bond donors (Lipinski definition) is 2. The molecule has 4 nitrogen and oxygen atoms in total. The number of methoxy groups -OCH3 is 1. The number of ether oxygens (including phenoxy) is 2. The summed E-state index contributed by atoms with van der Waals surface area (Å²) in [6.45, 7) is 12.7. The topological polar surface area (TPSA) is 58.9 Å². The van der Waals surface area contributed by atoms with E-state index >= 15 is 0 Å². The van der Waals surface area contributed by atoms with Gasteiger partial charge in [-0.3, -0.25) is 0 Å². The highest BCUT2D eigenvalue weighted by molar-refractivity contribution is 5.15. The van der Waals surface area contributed by atoms with Gasteiger partial charge in [-0.05, 0) is 96.7 Å². The Morgan fingerprint density at radius 2 is 1.75 bits per heavy atom. The summed E-state index contributed by atoms with van der Waals surface area (Å²) >= 11 is 0. The highest BCUT2D eigenvalue weighted by Gasteiger charge is 2.66. The minimum absolute atomic E-state index is 0.132. The van der Waals surface area contributed by atoms with Gasteiger partial charge in [0.25, 0.3) is 0 Å². The molecule has 4 fully saturated rings. The molecule has 4 aliphatic carbocycles. The molecule has 0 bridgehead atoms. The second-order valence-corrected chi connectivity index (χ2v) is 12.8. The maximum absolute atomic E-state index is 11.3. The predicted molar refractivity (Wildman–Crippen MR) is 128 cm³/mol. The SMILES string of the molecule is CC[C@H]1[C@@H](OCOC)C2C3C[C@H](O)[C@H]([C@H](C)CCO)[C@@]3(C)CCC2[C@@]2(C)CC[C@@H](C)C[C@@H]12. The van der Waals surface area contributed by atoms with E-state index in [0.29, 0.717) is 41.8 Å². The van der Waals surface area contributed by atoms with Crippen LogP contribution in [-0.2, 0) is 9.47 Å². The van der Waals surface area contributed by atoms with Crippen LogP contribution in [0.25, 0.3) is 0 Å². The lowest BCUT2D eigenvalue weighted by atomic mass is 9.41. The molecule has 0 aliphatic heterocycles. The fourth-order valence-electron chi connectivity index (χ4n) is 9.99. The Balaban J connectivity index is 1.74. The third kappa shape index (κ3) is 3.80. The predicted octanol–water partition coefficient (Wildman–Crippen LogP) is 5.51. The Labute approximate surface area is 196 Å². The smallest absolute Gasteiger partial charge is 0.146 e. The quantitative estimate of drug-likeness (QED) is 0.502. The van der Waals surface area contributed by atoms with Crippen LogP contribution in [0.2, 0.25) is 0 Å². The minimum atomic E-state index is -0.259. The second-order valence-electron chi connectivity index (χ2n) is 12.8. The molecule has 0 radical (unpaired) electrons. The van der Waals surface area contributed by atoms with Crippen LogP contribution < -0.4 is 0 Å². The molecule has 0 heterocycles. The normalized spacial score (nSPS) is 51.6. The van der Waals surface area contributed by atoms with Crippen molar-refractivity contribution in [2.24, 2.45) is 58.2 Å². The highest BCUT2D eigenvalue weighted by atomic mass is 16.7. The molecule has 12 atom stereocenters. The van der Waals surface area contributed by atoms with E-state index in [2.05, 4.69) is 34.6 Å². The van der Waals surface area contributed by atoms with E-state index in [1.807, 2.05) is 0 Å². The van der Waals surface area contributed by atoms with E-state index in [1.165, 1.54) is 38.5 Å². The van der Waals surface area contributed by atoms with Gasteiger partial charge in [-0.2, -0.15) is 0 Å². The van der Waals surface area contributed by atoms with Crippen molar-refractivity contribution in [2.45, 2.75) is 98.2 Å². The number of aliphatic hydroxyl groups is 2. The van der Waals surface area contributed by atoms with Gasteiger partial charge in [0.05, 0.1) is 12.2 Å². The fraction of sp³-hybridized carbons (Fsp3) is 1.00. The van der Waals surface area contributed by atoms with Gasteiger partial charge in [0.15, 0.2) is 0 Å². The molecule has 4 aliphatic rings. The first-order valence-electron chi connectivity index (χ1n) is 13.6. The molecular formula is C28H50O4. The van der Waals surface area contributed by atoms with E-state index < -0.39 is 0 Å². The average molecular weight is 451 g/mol. The average Bonchev–Trinajstić information content (AvgIpc) is 3.02. The van der Waals surface area contributed by atoms with Crippen LogP contribution in [0.5, 0.6) is 0 Å². The van der Waals surface area contributed by atoms with Gasteiger partial charge in [0.2, 0.25) is 0 Å². The highest BCUT2D eigenvalue weighted by Crippen LogP contribution is 2.70. The zero-order valence-electron chi connectivity index (χ0n) is 21.6. The molecule has 0 aromatic heterocycles. The summed E-state index contributed by atoms with van der Waals surface area (Å²) in [4.78, 5) is 0. The molecule has 186 valence electrons. The van der Waals surface area contributed by atoms with Gasteiger partial charge in [-0.25, -0.2) is 0 Å². The Bertz CT molecular complexity index is 639. The zero-order chi connectivity index (χ0) is 23.3. The summed E-state index contributed by atoms with van der Waals surface area (Å²) in [5.41, 5.74) is 0.527. The summed E-state index contributed by atoms with van der Waals surface area (Å²) in [6, 6.07) is 0. The van der Waals surface area contributed by atoms with Crippen LogP contribution in [0.15, 0.2) is 0 Å². The van der Waals surface area contributed by atoms with Crippen LogP contribution in [0, 0.1) is 58.2 Å². The number of hydrogen-bond acceptors (Lipinski definition) is 4. The van der Waals surface area contributed by atoms with Crippen molar-refractivity contribution in [3.8, 4) is 0 Å². The summed E-state index contributed by atoms with van der Waals surface area (Å²) in [6.07, 6.45) is 9.35. The minimum Gasteiger partial charge on any atom is -0.396 e. The van der Waals surface area contributed by atoms with Crippen molar-refractivity contribution in [1.29, 1.82) is 0 Å². The number of rotatable bonds is 7. The van der Waals surface area contributed by atoms with E-state index in [-0.39, 0.29) is 30.1 Å². The molecular weight excluding hydrogens is 400 g/mol. The molecule has 0 amide bonds. The van der Waals surface area contributed by atoms with Gasteiger partial charge in [0.1, 0.15) is 6.79 Å².